The van der Waals surface area contributed by atoms with Gasteiger partial charge in [0.25, 0.3) is 0 Å². The van der Waals surface area contributed by atoms with Gasteiger partial charge >= 0.3 is 6.03 Å². The predicted molar refractivity (Wildman–Crippen MR) is 47.8 cm³/mol. The summed E-state index contributed by atoms with van der Waals surface area (Å²) in [5, 5.41) is 3.86. The van der Waals surface area contributed by atoms with E-state index in [1.807, 2.05) is 0 Å². The van der Waals surface area contributed by atoms with Crippen molar-refractivity contribution in [2.24, 2.45) is 10.8 Å². The molecule has 0 aliphatic heterocycles. The van der Waals surface area contributed by atoms with Crippen LogP contribution in [-0.2, 0) is 0 Å². The van der Waals surface area contributed by atoms with Crippen LogP contribution in [0, 0.1) is 0 Å². The van der Waals surface area contributed by atoms with Crippen LogP contribution < -0.4 is 11.2 Å². The highest BCUT2D eigenvalue weighted by Crippen LogP contribution is 2.14. The number of amides is 2. The number of nitrogens with two attached hydrogens (primary N) is 1. The van der Waals surface area contributed by atoms with Gasteiger partial charge in [-0.25, -0.2) is 10.2 Å². The number of nitrogens with one attached hydrogen (secondary N) is 1. The maximum atomic E-state index is 10.3. The minimum atomic E-state index is -0.603. The van der Waals surface area contributed by atoms with Crippen LogP contribution >= 0.6 is 0 Å². The monoisotopic (exact) mass is 167 g/mol. The Morgan fingerprint density at radius 2 is 2.42 bits per heavy atom. The van der Waals surface area contributed by atoms with Crippen molar-refractivity contribution in [3.8, 4) is 0 Å². The van der Waals surface area contributed by atoms with Crippen molar-refractivity contribution in [1.82, 2.24) is 5.43 Å². The van der Waals surface area contributed by atoms with E-state index in [1.54, 1.807) is 0 Å². The zero-order chi connectivity index (χ0) is 8.97. The molecular formula is C8H13N3O. The van der Waals surface area contributed by atoms with Gasteiger partial charge in [0, 0.05) is 12.1 Å². The van der Waals surface area contributed by atoms with Gasteiger partial charge < -0.3 is 5.73 Å². The van der Waals surface area contributed by atoms with E-state index in [-0.39, 0.29) is 0 Å². The maximum Gasteiger partial charge on any atom is 0.332 e. The number of primary amides is 1. The molecule has 0 aromatic heterocycles. The van der Waals surface area contributed by atoms with Crippen molar-refractivity contribution in [1.29, 1.82) is 0 Å². The molecule has 0 radical (unpaired) electrons. The lowest BCUT2D eigenvalue weighted by Gasteiger charge is -2.10. The maximum absolute atomic E-state index is 10.3. The number of hydrogen-bond acceptors (Lipinski definition) is 2. The standard InChI is InChI=1S/C8H13N3O/c1-6-2-4-7(5-3-6)10-11-8(9)12/h2H,3-5H2,1H3,(H3,9,11,12)/b10-7+. The molecule has 4 heteroatoms. The van der Waals surface area contributed by atoms with Gasteiger partial charge in [-0.1, -0.05) is 11.6 Å². The SMILES string of the molecule is CC1=CC/C(=N\NC(N)=O)CC1. The molecule has 0 bridgehead atoms. The Balaban J connectivity index is 2.45. The molecule has 0 saturated carbocycles. The molecule has 0 unspecified atom stereocenters. The largest absolute Gasteiger partial charge is 0.350 e. The van der Waals surface area contributed by atoms with E-state index in [0.29, 0.717) is 0 Å². The number of hydrazone groups is 1. The Morgan fingerprint density at radius 3 is 2.92 bits per heavy atom. The van der Waals surface area contributed by atoms with Crippen LogP contribution in [0.1, 0.15) is 26.2 Å². The van der Waals surface area contributed by atoms with Gasteiger partial charge in [0.15, 0.2) is 0 Å². The van der Waals surface area contributed by atoms with E-state index in [0.717, 1.165) is 25.0 Å². The fourth-order valence-corrected chi connectivity index (χ4v) is 1.07. The molecule has 0 spiro atoms. The first-order valence-corrected chi connectivity index (χ1v) is 3.95. The highest BCUT2D eigenvalue weighted by atomic mass is 16.2. The Kier molecular flexibility index (Phi) is 2.85. The molecular weight excluding hydrogens is 154 g/mol. The summed E-state index contributed by atoms with van der Waals surface area (Å²) in [5.41, 5.74) is 9.46. The van der Waals surface area contributed by atoms with Gasteiger partial charge in [0.1, 0.15) is 0 Å². The summed E-state index contributed by atoms with van der Waals surface area (Å²) < 4.78 is 0. The number of rotatable bonds is 1. The van der Waals surface area contributed by atoms with Crippen molar-refractivity contribution < 1.29 is 4.79 Å². The number of nitrogens with zero attached hydrogens (tertiary/aromatic N) is 1. The van der Waals surface area contributed by atoms with Gasteiger partial charge in [0.2, 0.25) is 0 Å². The van der Waals surface area contributed by atoms with E-state index >= 15 is 0 Å². The molecule has 2 amide bonds. The first-order valence-electron chi connectivity index (χ1n) is 3.95. The molecule has 12 heavy (non-hydrogen) atoms. The summed E-state index contributed by atoms with van der Waals surface area (Å²) in [5.74, 6) is 0. The van der Waals surface area contributed by atoms with Crippen LogP contribution in [0.2, 0.25) is 0 Å². The van der Waals surface area contributed by atoms with Gasteiger partial charge in [-0.05, 0) is 19.8 Å². The molecule has 0 heterocycles. The highest BCUT2D eigenvalue weighted by molar-refractivity contribution is 5.88. The third-order valence-electron chi connectivity index (χ3n) is 1.82. The molecule has 3 N–H and O–H groups in total. The average molecular weight is 167 g/mol. The summed E-state index contributed by atoms with van der Waals surface area (Å²) >= 11 is 0. The van der Waals surface area contributed by atoms with Crippen molar-refractivity contribution in [2.45, 2.75) is 26.2 Å². The van der Waals surface area contributed by atoms with E-state index in [2.05, 4.69) is 23.5 Å². The molecule has 1 rings (SSSR count). The molecule has 0 atom stereocenters. The van der Waals surface area contributed by atoms with E-state index in [4.69, 9.17) is 5.73 Å². The predicted octanol–water partition coefficient (Wildman–Crippen LogP) is 1.14. The van der Waals surface area contributed by atoms with Crippen molar-refractivity contribution in [3.05, 3.63) is 11.6 Å². The smallest absolute Gasteiger partial charge is 0.332 e. The third-order valence-corrected chi connectivity index (χ3v) is 1.82. The lowest BCUT2D eigenvalue weighted by molar-refractivity contribution is 0.249. The molecule has 4 nitrogen and oxygen atoms in total. The number of carbonyl (C=O) groups is 1. The quantitative estimate of drug-likeness (QED) is 0.446. The van der Waals surface area contributed by atoms with E-state index in [1.165, 1.54) is 5.57 Å². The van der Waals surface area contributed by atoms with Gasteiger partial charge in [-0.3, -0.25) is 0 Å². The number of urea groups is 1. The summed E-state index contributed by atoms with van der Waals surface area (Å²) in [7, 11) is 0. The van der Waals surface area contributed by atoms with Crippen LogP contribution in [0.5, 0.6) is 0 Å². The van der Waals surface area contributed by atoms with Crippen LogP contribution in [0.3, 0.4) is 0 Å². The van der Waals surface area contributed by atoms with Crippen LogP contribution in [0.15, 0.2) is 16.8 Å². The molecule has 0 aromatic rings. The average Bonchev–Trinajstić information content (AvgIpc) is 2.03. The first-order chi connectivity index (χ1) is 5.68. The lowest BCUT2D eigenvalue weighted by atomic mass is 9.99. The van der Waals surface area contributed by atoms with E-state index in [9.17, 15) is 4.79 Å². The van der Waals surface area contributed by atoms with E-state index < -0.39 is 6.03 Å². The van der Waals surface area contributed by atoms with Gasteiger partial charge in [0.05, 0.1) is 0 Å². The number of hydrogen-bond donors (Lipinski definition) is 2. The van der Waals surface area contributed by atoms with Gasteiger partial charge in [-0.15, -0.1) is 0 Å². The second-order valence-electron chi connectivity index (χ2n) is 2.91. The summed E-state index contributed by atoms with van der Waals surface area (Å²) in [6, 6.07) is -0.603. The zero-order valence-corrected chi connectivity index (χ0v) is 7.13. The molecule has 66 valence electrons. The van der Waals surface area contributed by atoms with Crippen molar-refractivity contribution in [3.63, 3.8) is 0 Å². The molecule has 0 fully saturated rings. The fourth-order valence-electron chi connectivity index (χ4n) is 1.07. The Hall–Kier alpha value is -1.32. The highest BCUT2D eigenvalue weighted by Gasteiger charge is 2.05. The van der Waals surface area contributed by atoms with Gasteiger partial charge in [-0.2, -0.15) is 5.10 Å². The topological polar surface area (TPSA) is 67.5 Å². The summed E-state index contributed by atoms with van der Waals surface area (Å²) in [4.78, 5) is 10.3. The second kappa shape index (κ2) is 3.90. The Bertz CT molecular complexity index is 243. The van der Waals surface area contributed by atoms with Crippen LogP contribution in [-0.4, -0.2) is 11.7 Å². The van der Waals surface area contributed by atoms with Crippen molar-refractivity contribution in [2.75, 3.05) is 0 Å². The third kappa shape index (κ3) is 2.74. The number of allylic oxidation sites excluding steroid dienone is 2. The minimum absolute atomic E-state index is 0.603. The number of carbonyl (C=O) groups excluding carboxylic acids is 1. The van der Waals surface area contributed by atoms with Crippen LogP contribution in [0.25, 0.3) is 0 Å². The zero-order valence-electron chi connectivity index (χ0n) is 7.13. The first kappa shape index (κ1) is 8.77. The second-order valence-corrected chi connectivity index (χ2v) is 2.91. The molecule has 0 saturated heterocycles. The summed E-state index contributed by atoms with van der Waals surface area (Å²) in [6.45, 7) is 2.10. The minimum Gasteiger partial charge on any atom is -0.350 e. The molecule has 1 aliphatic rings. The normalized spacial score (nSPS) is 20.4. The van der Waals surface area contributed by atoms with Crippen LogP contribution in [0.4, 0.5) is 4.79 Å². The molecule has 0 aromatic carbocycles. The lowest BCUT2D eigenvalue weighted by Crippen LogP contribution is -2.26. The molecule has 1 aliphatic carbocycles. The summed E-state index contributed by atoms with van der Waals surface area (Å²) in [6.07, 6.45) is 4.89. The van der Waals surface area contributed by atoms with Crippen molar-refractivity contribution >= 4 is 11.7 Å². The Morgan fingerprint density at radius 1 is 1.67 bits per heavy atom. The fraction of sp³-hybridized carbons (Fsp3) is 0.500. The Labute approximate surface area is 71.5 Å².